The van der Waals surface area contributed by atoms with E-state index in [1.165, 1.54) is 17.6 Å². The zero-order valence-corrected chi connectivity index (χ0v) is 14.9. The molecule has 1 N–H and O–H groups in total. The summed E-state index contributed by atoms with van der Waals surface area (Å²) in [6, 6.07) is -0.499. The van der Waals surface area contributed by atoms with Gasteiger partial charge < -0.3 is 19.5 Å². The molecule has 0 spiro atoms. The monoisotopic (exact) mass is 340 g/mol. The Morgan fingerprint density at radius 3 is 2.74 bits per heavy atom. The molecule has 0 aliphatic carbocycles. The second kappa shape index (κ2) is 7.09. The molecule has 1 aromatic heterocycles. The van der Waals surface area contributed by atoms with Crippen LogP contribution in [0.1, 0.15) is 30.0 Å². The van der Waals surface area contributed by atoms with Gasteiger partial charge >= 0.3 is 0 Å². The zero-order chi connectivity index (χ0) is 17.2. The van der Waals surface area contributed by atoms with Crippen LogP contribution >= 0.6 is 11.5 Å². The molecule has 128 valence electrons. The summed E-state index contributed by atoms with van der Waals surface area (Å²) in [5, 5.41) is 9.86. The Balaban J connectivity index is 2.26. The van der Waals surface area contributed by atoms with Crippen molar-refractivity contribution in [1.82, 2.24) is 9.27 Å². The van der Waals surface area contributed by atoms with Crippen molar-refractivity contribution in [3.63, 3.8) is 0 Å². The summed E-state index contributed by atoms with van der Waals surface area (Å²) in [6.45, 7) is 11.6. The zero-order valence-electron chi connectivity index (χ0n) is 14.0. The molecule has 0 bridgehead atoms. The number of rotatable bonds is 6. The number of ether oxygens (including phenoxy) is 2. The van der Waals surface area contributed by atoms with Gasteiger partial charge in [0.2, 0.25) is 5.91 Å². The Morgan fingerprint density at radius 2 is 2.30 bits per heavy atom. The molecule has 7 heteroatoms. The Labute approximate surface area is 140 Å². The van der Waals surface area contributed by atoms with Crippen molar-refractivity contribution >= 4 is 17.4 Å². The molecule has 2 atom stereocenters. The van der Waals surface area contributed by atoms with Crippen molar-refractivity contribution in [1.29, 1.82) is 0 Å². The van der Waals surface area contributed by atoms with Crippen molar-refractivity contribution in [3.8, 4) is 0 Å². The standard InChI is InChI=1S/C16H24N2O4S/c1-6-15(20)18(7-12-10(2)17-23-11(12)3)13(8-19)14-9-21-16(4,5)22-14/h6,13-14,19H,1,7-9H2,2-5H3/t13-,14-/m0/s1. The molecular formula is C16H24N2O4S. The smallest absolute Gasteiger partial charge is 0.246 e. The number of carbonyl (C=O) groups is 1. The van der Waals surface area contributed by atoms with Crippen LogP contribution in [-0.2, 0) is 20.8 Å². The fraction of sp³-hybridized carbons (Fsp3) is 0.625. The highest BCUT2D eigenvalue weighted by atomic mass is 32.1. The van der Waals surface area contributed by atoms with Gasteiger partial charge in [-0.3, -0.25) is 4.79 Å². The van der Waals surface area contributed by atoms with Crippen LogP contribution in [0.3, 0.4) is 0 Å². The average Bonchev–Trinajstić information content (AvgIpc) is 3.02. The summed E-state index contributed by atoms with van der Waals surface area (Å²) in [5.41, 5.74) is 1.90. The molecule has 23 heavy (non-hydrogen) atoms. The van der Waals surface area contributed by atoms with E-state index in [0.717, 1.165) is 16.1 Å². The first-order valence-electron chi connectivity index (χ1n) is 7.56. The maximum atomic E-state index is 12.4. The van der Waals surface area contributed by atoms with E-state index in [1.54, 1.807) is 4.90 Å². The molecule has 0 unspecified atom stereocenters. The number of nitrogens with zero attached hydrogens (tertiary/aromatic N) is 2. The Bertz CT molecular complexity index is 565. The topological polar surface area (TPSA) is 71.9 Å². The predicted molar refractivity (Wildman–Crippen MR) is 88.1 cm³/mol. The van der Waals surface area contributed by atoms with Crippen LogP contribution in [0.15, 0.2) is 12.7 Å². The first-order chi connectivity index (χ1) is 10.8. The average molecular weight is 340 g/mol. The number of carbonyl (C=O) groups excluding carboxylic acids is 1. The third-order valence-corrected chi connectivity index (χ3v) is 4.90. The Kier molecular flexibility index (Phi) is 5.57. The van der Waals surface area contributed by atoms with Crippen LogP contribution in [0.2, 0.25) is 0 Å². The second-order valence-electron chi connectivity index (χ2n) is 6.09. The molecule has 0 aromatic carbocycles. The molecule has 1 amide bonds. The lowest BCUT2D eigenvalue weighted by Crippen LogP contribution is -2.49. The number of hydrogen-bond donors (Lipinski definition) is 1. The Hall–Kier alpha value is -1.28. The van der Waals surface area contributed by atoms with Crippen LogP contribution in [-0.4, -0.2) is 51.4 Å². The number of amides is 1. The van der Waals surface area contributed by atoms with E-state index in [9.17, 15) is 9.90 Å². The molecule has 2 heterocycles. The fourth-order valence-corrected chi connectivity index (χ4v) is 3.40. The molecular weight excluding hydrogens is 316 g/mol. The van der Waals surface area contributed by atoms with E-state index in [4.69, 9.17) is 9.47 Å². The van der Waals surface area contributed by atoms with Gasteiger partial charge in [0.1, 0.15) is 6.10 Å². The van der Waals surface area contributed by atoms with Gasteiger partial charge in [0.15, 0.2) is 5.79 Å². The third kappa shape index (κ3) is 3.98. The summed E-state index contributed by atoms with van der Waals surface area (Å²) in [5.74, 6) is -0.959. The van der Waals surface area contributed by atoms with Gasteiger partial charge in [-0.2, -0.15) is 4.37 Å². The summed E-state index contributed by atoms with van der Waals surface area (Å²) in [6.07, 6.45) is 0.875. The van der Waals surface area contributed by atoms with E-state index in [-0.39, 0.29) is 18.6 Å². The highest BCUT2D eigenvalue weighted by Gasteiger charge is 2.40. The molecule has 1 aliphatic rings. The van der Waals surface area contributed by atoms with Gasteiger partial charge in [-0.15, -0.1) is 0 Å². The number of aliphatic hydroxyl groups excluding tert-OH is 1. The summed E-state index contributed by atoms with van der Waals surface area (Å²) < 4.78 is 15.7. The fourth-order valence-electron chi connectivity index (χ4n) is 2.70. The SMILES string of the molecule is C=CC(=O)N(Cc1c(C)nsc1C)[C@@H](CO)[C@@H]1COC(C)(C)O1. The lowest BCUT2D eigenvalue weighted by molar-refractivity contribution is -0.155. The second-order valence-corrected chi connectivity index (χ2v) is 7.07. The van der Waals surface area contributed by atoms with Gasteiger partial charge in [0.25, 0.3) is 0 Å². The van der Waals surface area contributed by atoms with E-state index < -0.39 is 11.8 Å². The molecule has 0 saturated carbocycles. The van der Waals surface area contributed by atoms with Crippen molar-refractivity contribution in [3.05, 3.63) is 28.8 Å². The lowest BCUT2D eigenvalue weighted by atomic mass is 10.1. The van der Waals surface area contributed by atoms with Crippen molar-refractivity contribution in [2.45, 2.75) is 52.2 Å². The highest BCUT2D eigenvalue weighted by molar-refractivity contribution is 7.05. The van der Waals surface area contributed by atoms with Crippen LogP contribution in [0.5, 0.6) is 0 Å². The molecule has 1 aliphatic heterocycles. The first kappa shape index (κ1) is 18.1. The number of aromatic nitrogens is 1. The van der Waals surface area contributed by atoms with Gasteiger partial charge in [-0.05, 0) is 45.3 Å². The van der Waals surface area contributed by atoms with Crippen molar-refractivity contribution in [2.24, 2.45) is 0 Å². The maximum absolute atomic E-state index is 12.4. The van der Waals surface area contributed by atoms with Crippen molar-refractivity contribution in [2.75, 3.05) is 13.2 Å². The minimum absolute atomic E-state index is 0.209. The largest absolute Gasteiger partial charge is 0.394 e. The molecule has 1 aromatic rings. The van der Waals surface area contributed by atoms with Crippen molar-refractivity contribution < 1.29 is 19.4 Å². The van der Waals surface area contributed by atoms with E-state index in [0.29, 0.717) is 13.2 Å². The van der Waals surface area contributed by atoms with Crippen LogP contribution < -0.4 is 0 Å². The minimum Gasteiger partial charge on any atom is -0.394 e. The number of aryl methyl sites for hydroxylation is 2. The van der Waals surface area contributed by atoms with E-state index in [2.05, 4.69) is 11.0 Å². The van der Waals surface area contributed by atoms with Gasteiger partial charge in [0.05, 0.1) is 24.9 Å². The highest BCUT2D eigenvalue weighted by Crippen LogP contribution is 2.28. The molecule has 1 fully saturated rings. The van der Waals surface area contributed by atoms with E-state index >= 15 is 0 Å². The summed E-state index contributed by atoms with van der Waals surface area (Å²) in [7, 11) is 0. The molecule has 0 radical (unpaired) electrons. The first-order valence-corrected chi connectivity index (χ1v) is 8.34. The quantitative estimate of drug-likeness (QED) is 0.800. The normalized spacial score (nSPS) is 21.2. The summed E-state index contributed by atoms with van der Waals surface area (Å²) in [4.78, 5) is 15.0. The molecule has 2 rings (SSSR count). The lowest BCUT2D eigenvalue weighted by Gasteiger charge is -2.33. The van der Waals surface area contributed by atoms with Crippen LogP contribution in [0, 0.1) is 13.8 Å². The molecule has 6 nitrogen and oxygen atoms in total. The van der Waals surface area contributed by atoms with Crippen LogP contribution in [0.25, 0.3) is 0 Å². The van der Waals surface area contributed by atoms with Gasteiger partial charge in [-0.25, -0.2) is 0 Å². The Morgan fingerprint density at radius 1 is 1.61 bits per heavy atom. The minimum atomic E-state index is -0.712. The van der Waals surface area contributed by atoms with Gasteiger partial charge in [0, 0.05) is 17.0 Å². The predicted octanol–water partition coefficient (Wildman–Crippen LogP) is 1.79. The van der Waals surface area contributed by atoms with E-state index in [1.807, 2.05) is 27.7 Å². The van der Waals surface area contributed by atoms with Gasteiger partial charge in [-0.1, -0.05) is 6.58 Å². The third-order valence-electron chi connectivity index (χ3n) is 4.01. The van der Waals surface area contributed by atoms with Crippen LogP contribution in [0.4, 0.5) is 0 Å². The number of hydrogen-bond acceptors (Lipinski definition) is 6. The maximum Gasteiger partial charge on any atom is 0.246 e. The number of aliphatic hydroxyl groups is 1. The molecule has 1 saturated heterocycles. The summed E-state index contributed by atoms with van der Waals surface area (Å²) >= 11 is 1.41.